The summed E-state index contributed by atoms with van der Waals surface area (Å²) in [5.41, 5.74) is 0. The highest BCUT2D eigenvalue weighted by molar-refractivity contribution is 6.29. The number of imidazole rings is 1. The van der Waals surface area contributed by atoms with E-state index in [2.05, 4.69) is 9.88 Å². The van der Waals surface area contributed by atoms with E-state index in [1.54, 1.807) is 10.8 Å². The van der Waals surface area contributed by atoms with Crippen LogP contribution in [0.1, 0.15) is 26.1 Å². The van der Waals surface area contributed by atoms with E-state index in [1.165, 1.54) is 0 Å². The van der Waals surface area contributed by atoms with Gasteiger partial charge in [0.15, 0.2) is 0 Å². The molecule has 1 rings (SSSR count). The first-order valence-electron chi connectivity index (χ1n) is 5.57. The molecule has 5 nitrogen and oxygen atoms in total. The molecule has 0 spiro atoms. The van der Waals surface area contributed by atoms with Gasteiger partial charge in [-0.05, 0) is 13.5 Å². The number of rotatable bonds is 6. The molecule has 0 aliphatic carbocycles. The van der Waals surface area contributed by atoms with E-state index in [0.717, 1.165) is 12.4 Å². The third-order valence-electron chi connectivity index (χ3n) is 2.87. The van der Waals surface area contributed by atoms with Gasteiger partial charge in [-0.1, -0.05) is 18.5 Å². The third-order valence-corrected chi connectivity index (χ3v) is 3.22. The molecule has 0 aliphatic rings. The summed E-state index contributed by atoms with van der Waals surface area (Å²) in [6, 6.07) is -0.0204. The van der Waals surface area contributed by atoms with Gasteiger partial charge in [-0.3, -0.25) is 9.69 Å². The number of aliphatic carboxylic acids is 1. The number of halogens is 1. The summed E-state index contributed by atoms with van der Waals surface area (Å²) in [6.45, 7) is 5.29. The van der Waals surface area contributed by atoms with Crippen molar-refractivity contribution in [2.24, 2.45) is 7.05 Å². The molecule has 6 heteroatoms. The lowest BCUT2D eigenvalue weighted by molar-refractivity contribution is -0.138. The van der Waals surface area contributed by atoms with Crippen molar-refractivity contribution < 1.29 is 9.90 Å². The minimum atomic E-state index is -0.783. The SMILES string of the molecule is CCN(Cc1ncc(Cl)n1C)C(C)CC(=O)O. The van der Waals surface area contributed by atoms with Crippen molar-refractivity contribution >= 4 is 17.6 Å². The van der Waals surface area contributed by atoms with Gasteiger partial charge in [-0.2, -0.15) is 0 Å². The van der Waals surface area contributed by atoms with Gasteiger partial charge in [0, 0.05) is 13.1 Å². The third kappa shape index (κ3) is 3.71. The molecule has 17 heavy (non-hydrogen) atoms. The van der Waals surface area contributed by atoms with Crippen LogP contribution in [0.25, 0.3) is 0 Å². The number of carbonyl (C=O) groups is 1. The van der Waals surface area contributed by atoms with E-state index in [0.29, 0.717) is 11.7 Å². The molecular weight excluding hydrogens is 242 g/mol. The lowest BCUT2D eigenvalue weighted by Gasteiger charge is -2.26. The number of nitrogens with zero attached hydrogens (tertiary/aromatic N) is 3. The Kier molecular flexibility index (Phi) is 4.96. The van der Waals surface area contributed by atoms with Crippen molar-refractivity contribution in [3.05, 3.63) is 17.2 Å². The standard InChI is InChI=1S/C11H18ClN3O2/c1-4-15(8(2)5-11(16)17)7-10-13-6-9(12)14(10)3/h6,8H,4-5,7H2,1-3H3,(H,16,17). The van der Waals surface area contributed by atoms with Gasteiger partial charge >= 0.3 is 5.97 Å². The van der Waals surface area contributed by atoms with E-state index < -0.39 is 5.97 Å². The number of aromatic nitrogens is 2. The quantitative estimate of drug-likeness (QED) is 0.846. The fourth-order valence-corrected chi connectivity index (χ4v) is 1.86. The minimum absolute atomic E-state index is 0.0204. The van der Waals surface area contributed by atoms with E-state index in [4.69, 9.17) is 16.7 Å². The Balaban J connectivity index is 2.69. The molecule has 0 aliphatic heterocycles. The first-order chi connectivity index (χ1) is 7.95. The van der Waals surface area contributed by atoms with Crippen molar-refractivity contribution in [1.29, 1.82) is 0 Å². The second-order valence-corrected chi connectivity index (χ2v) is 4.45. The van der Waals surface area contributed by atoms with Crippen molar-refractivity contribution in [1.82, 2.24) is 14.5 Å². The first-order valence-corrected chi connectivity index (χ1v) is 5.95. The summed E-state index contributed by atoms with van der Waals surface area (Å²) in [4.78, 5) is 17.0. The molecule has 96 valence electrons. The lowest BCUT2D eigenvalue weighted by Crippen LogP contribution is -2.34. The van der Waals surface area contributed by atoms with Crippen LogP contribution in [0.3, 0.4) is 0 Å². The zero-order valence-corrected chi connectivity index (χ0v) is 11.1. The Bertz CT molecular complexity index is 392. The van der Waals surface area contributed by atoms with Crippen LogP contribution in [0.15, 0.2) is 6.20 Å². The molecule has 0 amide bonds. The molecule has 1 atom stereocenters. The molecule has 0 radical (unpaired) electrons. The van der Waals surface area contributed by atoms with Gasteiger partial charge in [0.2, 0.25) is 0 Å². The first kappa shape index (κ1) is 14.0. The van der Waals surface area contributed by atoms with Gasteiger partial charge in [-0.25, -0.2) is 4.98 Å². The Hall–Kier alpha value is -1.07. The fourth-order valence-electron chi connectivity index (χ4n) is 1.71. The zero-order chi connectivity index (χ0) is 13.0. The summed E-state index contributed by atoms with van der Waals surface area (Å²) < 4.78 is 1.80. The van der Waals surface area contributed by atoms with Crippen LogP contribution in [-0.4, -0.2) is 38.1 Å². The molecule has 1 unspecified atom stereocenters. The lowest BCUT2D eigenvalue weighted by atomic mass is 10.2. The monoisotopic (exact) mass is 259 g/mol. The van der Waals surface area contributed by atoms with E-state index >= 15 is 0 Å². The molecule has 0 aromatic carbocycles. The largest absolute Gasteiger partial charge is 0.481 e. The molecule has 0 saturated heterocycles. The Morgan fingerprint density at radius 3 is 2.76 bits per heavy atom. The molecule has 1 heterocycles. The molecule has 1 aromatic rings. The van der Waals surface area contributed by atoms with Crippen LogP contribution in [0.4, 0.5) is 0 Å². The summed E-state index contributed by atoms with van der Waals surface area (Å²) in [5.74, 6) is 0.0583. The van der Waals surface area contributed by atoms with Crippen LogP contribution in [0.5, 0.6) is 0 Å². The highest BCUT2D eigenvalue weighted by atomic mass is 35.5. The highest BCUT2D eigenvalue weighted by Crippen LogP contribution is 2.13. The smallest absolute Gasteiger partial charge is 0.304 e. The average molecular weight is 260 g/mol. The van der Waals surface area contributed by atoms with Gasteiger partial charge in [-0.15, -0.1) is 0 Å². The summed E-state index contributed by atoms with van der Waals surface area (Å²) in [7, 11) is 1.85. The van der Waals surface area contributed by atoms with E-state index in [1.807, 2.05) is 20.9 Å². The van der Waals surface area contributed by atoms with Crippen LogP contribution < -0.4 is 0 Å². The van der Waals surface area contributed by atoms with Crippen LogP contribution in [0, 0.1) is 0 Å². The van der Waals surface area contributed by atoms with Gasteiger partial charge in [0.05, 0.1) is 19.2 Å². The molecule has 0 saturated carbocycles. The van der Waals surface area contributed by atoms with Crippen molar-refractivity contribution in [2.75, 3.05) is 6.54 Å². The average Bonchev–Trinajstić information content (AvgIpc) is 2.56. The van der Waals surface area contributed by atoms with Gasteiger partial charge in [0.25, 0.3) is 0 Å². The normalized spacial score (nSPS) is 13.0. The Morgan fingerprint density at radius 1 is 1.71 bits per heavy atom. The number of carboxylic acid groups (broad SMARTS) is 1. The summed E-state index contributed by atoms with van der Waals surface area (Å²) >= 11 is 5.91. The Morgan fingerprint density at radius 2 is 2.35 bits per heavy atom. The maximum atomic E-state index is 10.7. The zero-order valence-electron chi connectivity index (χ0n) is 10.4. The summed E-state index contributed by atoms with van der Waals surface area (Å²) in [5, 5.41) is 9.37. The summed E-state index contributed by atoms with van der Waals surface area (Å²) in [6.07, 6.45) is 1.73. The molecule has 0 fully saturated rings. The van der Waals surface area contributed by atoms with Crippen molar-refractivity contribution in [2.45, 2.75) is 32.9 Å². The number of hydrogen-bond donors (Lipinski definition) is 1. The van der Waals surface area contributed by atoms with Crippen molar-refractivity contribution in [3.8, 4) is 0 Å². The topological polar surface area (TPSA) is 58.4 Å². The number of hydrogen-bond acceptors (Lipinski definition) is 3. The maximum absolute atomic E-state index is 10.7. The predicted molar refractivity (Wildman–Crippen MR) is 66.0 cm³/mol. The number of carboxylic acids is 1. The van der Waals surface area contributed by atoms with Crippen LogP contribution in [-0.2, 0) is 18.4 Å². The predicted octanol–water partition coefficient (Wildman–Crippen LogP) is 1.76. The molecule has 1 N–H and O–H groups in total. The second kappa shape index (κ2) is 6.02. The maximum Gasteiger partial charge on any atom is 0.304 e. The molecular formula is C11H18ClN3O2. The minimum Gasteiger partial charge on any atom is -0.481 e. The second-order valence-electron chi connectivity index (χ2n) is 4.07. The Labute approximate surface area is 106 Å². The van der Waals surface area contributed by atoms with Crippen LogP contribution in [0.2, 0.25) is 5.15 Å². The highest BCUT2D eigenvalue weighted by Gasteiger charge is 2.17. The van der Waals surface area contributed by atoms with E-state index in [-0.39, 0.29) is 12.5 Å². The van der Waals surface area contributed by atoms with Crippen molar-refractivity contribution in [3.63, 3.8) is 0 Å². The van der Waals surface area contributed by atoms with Gasteiger partial charge < -0.3 is 9.67 Å². The van der Waals surface area contributed by atoms with Gasteiger partial charge in [0.1, 0.15) is 11.0 Å². The molecule has 0 bridgehead atoms. The van der Waals surface area contributed by atoms with Crippen LogP contribution >= 0.6 is 11.6 Å². The molecule has 1 aromatic heterocycles. The van der Waals surface area contributed by atoms with E-state index in [9.17, 15) is 4.79 Å². The fraction of sp³-hybridized carbons (Fsp3) is 0.636.